The van der Waals surface area contributed by atoms with Crippen molar-refractivity contribution in [2.24, 2.45) is 0 Å². The molecule has 1 amide bonds. The number of hydrogen-bond donors (Lipinski definition) is 1. The Kier molecular flexibility index (Phi) is 6.20. The minimum atomic E-state index is -0.447. The van der Waals surface area contributed by atoms with Crippen molar-refractivity contribution in [1.82, 2.24) is 19.9 Å². The van der Waals surface area contributed by atoms with E-state index in [4.69, 9.17) is 4.98 Å². The predicted octanol–water partition coefficient (Wildman–Crippen LogP) is 4.76. The maximum atomic E-state index is 13.5. The second-order valence-corrected chi connectivity index (χ2v) is 9.92. The molecule has 2 heterocycles. The molecule has 34 heavy (non-hydrogen) atoms. The zero-order chi connectivity index (χ0) is 23.7. The highest BCUT2D eigenvalue weighted by molar-refractivity contribution is 8.00. The summed E-state index contributed by atoms with van der Waals surface area (Å²) in [7, 11) is 0. The van der Waals surface area contributed by atoms with E-state index >= 15 is 0 Å². The van der Waals surface area contributed by atoms with Gasteiger partial charge in [-0.1, -0.05) is 54.2 Å². The summed E-state index contributed by atoms with van der Waals surface area (Å²) in [5.41, 5.74) is 3.77. The molecule has 0 saturated heterocycles. The molecule has 2 aromatic heterocycles. The molecule has 0 radical (unpaired) electrons. The number of thioether (sulfide) groups is 1. The van der Waals surface area contributed by atoms with Crippen LogP contribution in [0.25, 0.3) is 16.7 Å². The van der Waals surface area contributed by atoms with Crippen LogP contribution in [0.5, 0.6) is 0 Å². The highest BCUT2D eigenvalue weighted by Gasteiger charge is 2.26. The smallest absolute Gasteiger partial charge is 0.267 e. The van der Waals surface area contributed by atoms with Gasteiger partial charge in [-0.3, -0.25) is 9.59 Å². The lowest BCUT2D eigenvalue weighted by Gasteiger charge is -2.27. The van der Waals surface area contributed by atoms with Crippen molar-refractivity contribution in [3.8, 4) is 5.82 Å². The van der Waals surface area contributed by atoms with Gasteiger partial charge in [-0.25, -0.2) is 14.5 Å². The first kappa shape index (κ1) is 22.3. The average molecular weight is 471 g/mol. The molecule has 2 atom stereocenters. The topological polar surface area (TPSA) is 76.9 Å². The van der Waals surface area contributed by atoms with Crippen LogP contribution in [0.2, 0.25) is 0 Å². The molecule has 4 aromatic rings. The lowest BCUT2D eigenvalue weighted by atomic mass is 9.88. The molecule has 0 aliphatic heterocycles. The number of pyridine rings is 1. The highest BCUT2D eigenvalue weighted by Crippen LogP contribution is 2.31. The monoisotopic (exact) mass is 470 g/mol. The molecule has 1 aliphatic carbocycles. The molecule has 0 saturated carbocycles. The first-order valence-electron chi connectivity index (χ1n) is 11.5. The van der Waals surface area contributed by atoms with Gasteiger partial charge in [0.25, 0.3) is 5.56 Å². The molecular weight excluding hydrogens is 444 g/mol. The first-order chi connectivity index (χ1) is 16.5. The number of fused-ring (bicyclic) bond motifs is 2. The molecule has 0 spiro atoms. The zero-order valence-corrected chi connectivity index (χ0v) is 20.0. The summed E-state index contributed by atoms with van der Waals surface area (Å²) < 4.78 is 1.53. The van der Waals surface area contributed by atoms with E-state index in [9.17, 15) is 9.59 Å². The number of para-hydroxylation sites is 1. The molecular formula is C27H26N4O2S. The van der Waals surface area contributed by atoms with Gasteiger partial charge >= 0.3 is 0 Å². The van der Waals surface area contributed by atoms with Gasteiger partial charge in [-0.05, 0) is 68.0 Å². The minimum Gasteiger partial charge on any atom is -0.348 e. The number of nitrogens with zero attached hydrogens (tertiary/aromatic N) is 3. The predicted molar refractivity (Wildman–Crippen MR) is 135 cm³/mol. The number of hydrogen-bond acceptors (Lipinski definition) is 5. The average Bonchev–Trinajstić information content (AvgIpc) is 2.85. The van der Waals surface area contributed by atoms with Crippen molar-refractivity contribution in [2.75, 3.05) is 0 Å². The van der Waals surface area contributed by atoms with Crippen LogP contribution < -0.4 is 10.9 Å². The fourth-order valence-corrected chi connectivity index (χ4v) is 5.41. The lowest BCUT2D eigenvalue weighted by Crippen LogP contribution is -2.36. The maximum Gasteiger partial charge on any atom is 0.267 e. The van der Waals surface area contributed by atoms with E-state index in [1.807, 2.05) is 56.3 Å². The molecule has 1 aliphatic rings. The first-order valence-corrected chi connectivity index (χ1v) is 12.4. The van der Waals surface area contributed by atoms with Gasteiger partial charge in [0.2, 0.25) is 5.91 Å². The number of nitrogens with one attached hydrogen (secondary N) is 1. The third kappa shape index (κ3) is 4.23. The van der Waals surface area contributed by atoms with Crippen LogP contribution in [-0.4, -0.2) is 25.7 Å². The summed E-state index contributed by atoms with van der Waals surface area (Å²) in [6, 6.07) is 19.3. The van der Waals surface area contributed by atoms with Gasteiger partial charge in [0.1, 0.15) is 5.82 Å². The fraction of sp³-hybridized carbons (Fsp3) is 0.259. The number of carbonyl (C=O) groups excluding carboxylic acids is 1. The van der Waals surface area contributed by atoms with E-state index in [0.29, 0.717) is 21.9 Å². The Bertz CT molecular complexity index is 1430. The van der Waals surface area contributed by atoms with Gasteiger partial charge in [0.05, 0.1) is 22.2 Å². The van der Waals surface area contributed by atoms with Crippen molar-refractivity contribution in [1.29, 1.82) is 0 Å². The standard InChI is InChI=1S/C27H26N4O2S/c1-17-9-8-16-28-24(17)31-26(33)21-13-5-6-14-23(21)30-27(31)34-18(2)25(32)29-22-15-7-11-19-10-3-4-12-20(19)22/h3-6,8-10,12-14,16,18,22H,7,11,15H2,1-2H3,(H,29,32). The van der Waals surface area contributed by atoms with Gasteiger partial charge in [-0.2, -0.15) is 0 Å². The largest absolute Gasteiger partial charge is 0.348 e. The van der Waals surface area contributed by atoms with Crippen LogP contribution in [0.4, 0.5) is 0 Å². The Morgan fingerprint density at radius 3 is 2.76 bits per heavy atom. The van der Waals surface area contributed by atoms with Crippen molar-refractivity contribution >= 4 is 28.6 Å². The molecule has 6 nitrogen and oxygen atoms in total. The SMILES string of the molecule is Cc1cccnc1-n1c(SC(C)C(=O)NC2CCCc3ccccc32)nc2ccccc2c1=O. The second kappa shape index (κ2) is 9.43. The van der Waals surface area contributed by atoms with E-state index in [1.54, 1.807) is 12.3 Å². The van der Waals surface area contributed by atoms with Crippen LogP contribution in [0.15, 0.2) is 76.8 Å². The van der Waals surface area contributed by atoms with Crippen LogP contribution >= 0.6 is 11.8 Å². The van der Waals surface area contributed by atoms with Gasteiger partial charge in [0.15, 0.2) is 5.16 Å². The Balaban J connectivity index is 1.48. The summed E-state index contributed by atoms with van der Waals surface area (Å²) in [6.45, 7) is 3.76. The normalized spacial score (nSPS) is 16.1. The Morgan fingerprint density at radius 1 is 1.12 bits per heavy atom. The molecule has 172 valence electrons. The van der Waals surface area contributed by atoms with Crippen molar-refractivity contribution in [3.05, 3.63) is 93.9 Å². The van der Waals surface area contributed by atoms with Crippen molar-refractivity contribution < 1.29 is 4.79 Å². The number of aromatic nitrogens is 3. The van der Waals surface area contributed by atoms with E-state index in [2.05, 4.69) is 22.4 Å². The van der Waals surface area contributed by atoms with Crippen LogP contribution in [0, 0.1) is 6.92 Å². The van der Waals surface area contributed by atoms with Crippen molar-refractivity contribution in [3.63, 3.8) is 0 Å². The third-order valence-corrected chi connectivity index (χ3v) is 7.33. The van der Waals surface area contributed by atoms with Gasteiger partial charge in [-0.15, -0.1) is 0 Å². The van der Waals surface area contributed by atoms with E-state index in [0.717, 1.165) is 24.8 Å². The Labute approximate surface area is 202 Å². The lowest BCUT2D eigenvalue weighted by molar-refractivity contribution is -0.121. The van der Waals surface area contributed by atoms with Gasteiger partial charge < -0.3 is 5.32 Å². The number of amides is 1. The maximum absolute atomic E-state index is 13.5. The summed E-state index contributed by atoms with van der Waals surface area (Å²) in [5.74, 6) is 0.459. The molecule has 2 aromatic carbocycles. The minimum absolute atomic E-state index is 0.00490. The molecule has 7 heteroatoms. The summed E-state index contributed by atoms with van der Waals surface area (Å²) >= 11 is 1.28. The molecule has 0 bridgehead atoms. The van der Waals surface area contributed by atoms with Gasteiger partial charge in [0, 0.05) is 6.20 Å². The Morgan fingerprint density at radius 2 is 1.91 bits per heavy atom. The van der Waals surface area contributed by atoms with Crippen molar-refractivity contribution in [2.45, 2.75) is 49.6 Å². The Hall–Kier alpha value is -3.45. The zero-order valence-electron chi connectivity index (χ0n) is 19.2. The molecule has 1 N–H and O–H groups in total. The number of aryl methyl sites for hydroxylation is 2. The van der Waals surface area contributed by atoms with E-state index < -0.39 is 5.25 Å². The van der Waals surface area contributed by atoms with Crippen LogP contribution in [0.1, 0.15) is 42.5 Å². The second-order valence-electron chi connectivity index (χ2n) is 8.61. The van der Waals surface area contributed by atoms with Crippen LogP contribution in [0.3, 0.4) is 0 Å². The molecule has 2 unspecified atom stereocenters. The van der Waals surface area contributed by atoms with E-state index in [-0.39, 0.29) is 17.5 Å². The number of carbonyl (C=O) groups is 1. The number of rotatable bonds is 5. The summed E-state index contributed by atoms with van der Waals surface area (Å²) in [4.78, 5) is 35.9. The number of benzene rings is 2. The van der Waals surface area contributed by atoms with Crippen LogP contribution in [-0.2, 0) is 11.2 Å². The highest BCUT2D eigenvalue weighted by atomic mass is 32.2. The molecule has 5 rings (SSSR count). The van der Waals surface area contributed by atoms with E-state index in [1.165, 1.54) is 27.5 Å². The third-order valence-electron chi connectivity index (χ3n) is 6.28. The fourth-order valence-electron chi connectivity index (χ4n) is 4.49. The summed E-state index contributed by atoms with van der Waals surface area (Å²) in [6.07, 6.45) is 4.68. The molecule has 0 fully saturated rings. The summed E-state index contributed by atoms with van der Waals surface area (Å²) in [5, 5.41) is 3.76. The quantitative estimate of drug-likeness (QED) is 0.336.